The Kier molecular flexibility index (Phi) is 4.27. The summed E-state index contributed by atoms with van der Waals surface area (Å²) in [6.07, 6.45) is 9.88. The smallest absolute Gasteiger partial charge is 0.230 e. The van der Waals surface area contributed by atoms with Crippen LogP contribution in [0.4, 0.5) is 4.39 Å². The van der Waals surface area contributed by atoms with Gasteiger partial charge in [-0.25, -0.2) is 4.39 Å². The van der Waals surface area contributed by atoms with E-state index in [4.69, 9.17) is 0 Å². The molecule has 0 radical (unpaired) electrons. The highest BCUT2D eigenvalue weighted by atomic mass is 19.1. The van der Waals surface area contributed by atoms with E-state index in [2.05, 4.69) is 5.32 Å². The van der Waals surface area contributed by atoms with Crippen LogP contribution in [0.15, 0.2) is 24.3 Å². The lowest BCUT2D eigenvalue weighted by atomic mass is 9.63. The van der Waals surface area contributed by atoms with Gasteiger partial charge in [0, 0.05) is 6.04 Å². The predicted octanol–water partition coefficient (Wildman–Crippen LogP) is 4.09. The minimum Gasteiger partial charge on any atom is -0.353 e. The first-order chi connectivity index (χ1) is 10.2. The van der Waals surface area contributed by atoms with Crippen LogP contribution in [0.2, 0.25) is 0 Å². The Bertz CT molecular complexity index is 502. The summed E-state index contributed by atoms with van der Waals surface area (Å²) in [5.41, 5.74) is 0.369. The fraction of sp³-hybridized carbons (Fsp3) is 0.611. The second kappa shape index (κ2) is 6.17. The first-order valence-electron chi connectivity index (χ1n) is 8.28. The molecule has 21 heavy (non-hydrogen) atoms. The summed E-state index contributed by atoms with van der Waals surface area (Å²) in [6, 6.07) is 6.90. The van der Waals surface area contributed by atoms with Gasteiger partial charge in [-0.15, -0.1) is 0 Å². The third kappa shape index (κ3) is 2.97. The van der Waals surface area contributed by atoms with E-state index in [0.29, 0.717) is 6.04 Å². The molecule has 1 aromatic carbocycles. The summed E-state index contributed by atoms with van der Waals surface area (Å²) in [6.45, 7) is 0. The van der Waals surface area contributed by atoms with Gasteiger partial charge < -0.3 is 5.32 Å². The van der Waals surface area contributed by atoms with Crippen LogP contribution in [0.25, 0.3) is 0 Å². The third-order valence-electron chi connectivity index (χ3n) is 5.21. The molecule has 3 heteroatoms. The highest BCUT2D eigenvalue weighted by Gasteiger charge is 2.46. The van der Waals surface area contributed by atoms with E-state index in [1.165, 1.54) is 37.8 Å². The zero-order valence-corrected chi connectivity index (χ0v) is 12.5. The zero-order valence-electron chi connectivity index (χ0n) is 12.5. The summed E-state index contributed by atoms with van der Waals surface area (Å²) in [5.74, 6) is -0.132. The van der Waals surface area contributed by atoms with E-state index in [-0.39, 0.29) is 11.7 Å². The molecule has 2 aliphatic carbocycles. The Morgan fingerprint density at radius 2 is 1.81 bits per heavy atom. The Balaban J connectivity index is 1.74. The third-order valence-corrected chi connectivity index (χ3v) is 5.21. The van der Waals surface area contributed by atoms with Crippen molar-refractivity contribution in [2.45, 2.75) is 69.2 Å². The van der Waals surface area contributed by atoms with Crippen LogP contribution in [0, 0.1) is 5.82 Å². The van der Waals surface area contributed by atoms with Crippen molar-refractivity contribution in [2.75, 3.05) is 0 Å². The quantitative estimate of drug-likeness (QED) is 0.834. The van der Waals surface area contributed by atoms with Crippen LogP contribution in [-0.4, -0.2) is 11.9 Å². The number of rotatable bonds is 3. The molecule has 3 rings (SSSR count). The molecule has 1 N–H and O–H groups in total. The maximum absolute atomic E-state index is 13.5. The molecule has 0 bridgehead atoms. The van der Waals surface area contributed by atoms with Gasteiger partial charge in [-0.2, -0.15) is 0 Å². The summed E-state index contributed by atoms with van der Waals surface area (Å²) in [4.78, 5) is 12.8. The van der Waals surface area contributed by atoms with Gasteiger partial charge in [0.2, 0.25) is 5.91 Å². The Hall–Kier alpha value is -1.38. The summed E-state index contributed by atoms with van der Waals surface area (Å²) >= 11 is 0. The molecule has 2 fully saturated rings. The van der Waals surface area contributed by atoms with E-state index >= 15 is 0 Å². The van der Waals surface area contributed by atoms with Gasteiger partial charge in [-0.1, -0.05) is 44.2 Å². The second-order valence-corrected chi connectivity index (χ2v) is 6.61. The minimum absolute atomic E-state index is 0.117. The van der Waals surface area contributed by atoms with Gasteiger partial charge in [0.1, 0.15) is 5.82 Å². The normalized spacial score (nSPS) is 22.1. The van der Waals surface area contributed by atoms with Crippen molar-refractivity contribution in [3.05, 3.63) is 35.6 Å². The van der Waals surface area contributed by atoms with Gasteiger partial charge in [0.25, 0.3) is 0 Å². The molecule has 0 heterocycles. The topological polar surface area (TPSA) is 29.1 Å². The number of benzene rings is 1. The van der Waals surface area contributed by atoms with Crippen molar-refractivity contribution in [3.63, 3.8) is 0 Å². The molecule has 2 aliphatic rings. The maximum atomic E-state index is 13.5. The van der Waals surface area contributed by atoms with Crippen molar-refractivity contribution < 1.29 is 9.18 Å². The molecule has 0 aliphatic heterocycles. The van der Waals surface area contributed by atoms with Gasteiger partial charge in [-0.05, 0) is 43.4 Å². The van der Waals surface area contributed by atoms with Crippen LogP contribution in [0.3, 0.4) is 0 Å². The summed E-state index contributed by atoms with van der Waals surface area (Å²) in [5, 5.41) is 3.26. The maximum Gasteiger partial charge on any atom is 0.230 e. The minimum atomic E-state index is -0.478. The Morgan fingerprint density at radius 3 is 2.38 bits per heavy atom. The number of carbonyl (C=O) groups excluding carboxylic acids is 1. The van der Waals surface area contributed by atoms with Crippen LogP contribution in [0.1, 0.15) is 63.4 Å². The molecule has 2 saturated carbocycles. The highest BCUT2D eigenvalue weighted by Crippen LogP contribution is 2.44. The van der Waals surface area contributed by atoms with Crippen molar-refractivity contribution in [1.82, 2.24) is 5.32 Å². The van der Waals surface area contributed by atoms with E-state index < -0.39 is 5.41 Å². The van der Waals surface area contributed by atoms with Crippen LogP contribution in [0.5, 0.6) is 0 Å². The number of hydrogen-bond donors (Lipinski definition) is 1. The standard InChI is InChI=1S/C18H24FNO/c19-15-8-5-7-14(13-15)18(11-6-12-18)17(21)20-16-9-3-1-2-4-10-16/h5,7-8,13,16H,1-4,6,9-12H2,(H,20,21). The monoisotopic (exact) mass is 289 g/mol. The van der Waals surface area contributed by atoms with Gasteiger partial charge in [-0.3, -0.25) is 4.79 Å². The van der Waals surface area contributed by atoms with E-state index in [9.17, 15) is 9.18 Å². The van der Waals surface area contributed by atoms with E-state index in [0.717, 1.165) is 37.7 Å². The molecular weight excluding hydrogens is 265 g/mol. The molecular formula is C18H24FNO. The lowest BCUT2D eigenvalue weighted by Crippen LogP contribution is -2.52. The number of hydrogen-bond acceptors (Lipinski definition) is 1. The Morgan fingerprint density at radius 1 is 1.10 bits per heavy atom. The molecule has 0 saturated heterocycles. The summed E-state index contributed by atoms with van der Waals surface area (Å²) < 4.78 is 13.5. The Labute approximate surface area is 126 Å². The average molecular weight is 289 g/mol. The highest BCUT2D eigenvalue weighted by molar-refractivity contribution is 5.89. The molecule has 1 aromatic rings. The van der Waals surface area contributed by atoms with Crippen molar-refractivity contribution in [2.24, 2.45) is 0 Å². The largest absolute Gasteiger partial charge is 0.353 e. The van der Waals surface area contributed by atoms with Gasteiger partial charge in [0.05, 0.1) is 5.41 Å². The fourth-order valence-corrected chi connectivity index (χ4v) is 3.71. The van der Waals surface area contributed by atoms with Crippen molar-refractivity contribution >= 4 is 5.91 Å². The molecule has 0 aromatic heterocycles. The molecule has 0 atom stereocenters. The number of amides is 1. The summed E-state index contributed by atoms with van der Waals surface area (Å²) in [7, 11) is 0. The molecule has 0 spiro atoms. The van der Waals surface area contributed by atoms with Gasteiger partial charge >= 0.3 is 0 Å². The molecule has 2 nitrogen and oxygen atoms in total. The lowest BCUT2D eigenvalue weighted by Gasteiger charge is -2.41. The van der Waals surface area contributed by atoms with Gasteiger partial charge in [0.15, 0.2) is 0 Å². The fourth-order valence-electron chi connectivity index (χ4n) is 3.71. The second-order valence-electron chi connectivity index (χ2n) is 6.61. The number of halogens is 1. The molecule has 1 amide bonds. The molecule has 114 valence electrons. The van der Waals surface area contributed by atoms with Crippen LogP contribution < -0.4 is 5.32 Å². The SMILES string of the molecule is O=C(NC1CCCCCC1)C1(c2cccc(F)c2)CCC1. The molecule has 0 unspecified atom stereocenters. The number of nitrogens with one attached hydrogen (secondary N) is 1. The lowest BCUT2D eigenvalue weighted by molar-refractivity contribution is -0.130. The van der Waals surface area contributed by atoms with E-state index in [1.807, 2.05) is 6.07 Å². The predicted molar refractivity (Wildman–Crippen MR) is 81.6 cm³/mol. The van der Waals surface area contributed by atoms with Crippen molar-refractivity contribution in [3.8, 4) is 0 Å². The average Bonchev–Trinajstić information content (AvgIpc) is 2.66. The van der Waals surface area contributed by atoms with Crippen LogP contribution >= 0.6 is 0 Å². The first-order valence-corrected chi connectivity index (χ1v) is 8.28. The van der Waals surface area contributed by atoms with E-state index in [1.54, 1.807) is 6.07 Å². The van der Waals surface area contributed by atoms with Crippen LogP contribution in [-0.2, 0) is 10.2 Å². The number of carbonyl (C=O) groups is 1. The van der Waals surface area contributed by atoms with Crippen molar-refractivity contribution in [1.29, 1.82) is 0 Å². The zero-order chi connectivity index (χ0) is 14.7. The first kappa shape index (κ1) is 14.6.